The molecule has 35 heavy (non-hydrogen) atoms. The number of nitrogens with one attached hydrogen (secondary N) is 1. The van der Waals surface area contributed by atoms with Gasteiger partial charge in [0.25, 0.3) is 0 Å². The second-order valence-corrected chi connectivity index (χ2v) is 10.4. The molecule has 0 saturated carbocycles. The Kier molecular flexibility index (Phi) is 7.57. The van der Waals surface area contributed by atoms with Crippen LogP contribution < -0.4 is 10.2 Å². The first-order valence-corrected chi connectivity index (χ1v) is 12.2. The maximum absolute atomic E-state index is 11.8. The van der Waals surface area contributed by atoms with Crippen LogP contribution in [0.3, 0.4) is 0 Å². The van der Waals surface area contributed by atoms with Crippen LogP contribution in [0, 0.1) is 0 Å². The van der Waals surface area contributed by atoms with Gasteiger partial charge in [-0.05, 0) is 75.4 Å². The van der Waals surface area contributed by atoms with Gasteiger partial charge in [0, 0.05) is 42.4 Å². The summed E-state index contributed by atoms with van der Waals surface area (Å²) in [6.07, 6.45) is 3.28. The Bertz CT molecular complexity index is 1150. The lowest BCUT2D eigenvalue weighted by Gasteiger charge is -2.32. The maximum Gasteiger partial charge on any atom is 0.413 e. The smallest absolute Gasteiger partial charge is 0.413 e. The molecule has 0 aliphatic carbocycles. The summed E-state index contributed by atoms with van der Waals surface area (Å²) in [5, 5.41) is 15.1. The minimum Gasteiger partial charge on any atom is -0.465 e. The molecule has 2 N–H and O–H groups in total. The van der Waals surface area contributed by atoms with E-state index in [0.29, 0.717) is 25.1 Å². The molecule has 1 aliphatic rings. The lowest BCUT2D eigenvalue weighted by Crippen LogP contribution is -2.45. The third kappa shape index (κ3) is 6.50. The number of benzene rings is 2. The van der Waals surface area contributed by atoms with Crippen molar-refractivity contribution < 1.29 is 14.6 Å². The molecule has 2 heterocycles. The summed E-state index contributed by atoms with van der Waals surface area (Å²) in [6.45, 7) is 9.14. The highest BCUT2D eigenvalue weighted by Gasteiger charge is 2.29. The normalized spacial score (nSPS) is 15.3. The number of nitrogens with zero attached hydrogens (tertiary/aromatic N) is 3. The van der Waals surface area contributed by atoms with Crippen LogP contribution in [-0.4, -0.2) is 52.9 Å². The average Bonchev–Trinajstić information content (AvgIpc) is 2.81. The highest BCUT2D eigenvalue weighted by molar-refractivity contribution is 5.92. The number of carboxylic acid groups (broad SMARTS) is 1. The fourth-order valence-electron chi connectivity index (χ4n) is 4.41. The van der Waals surface area contributed by atoms with E-state index in [1.54, 1.807) is 6.20 Å². The Hall–Kier alpha value is -3.16. The van der Waals surface area contributed by atoms with Gasteiger partial charge in [-0.3, -0.25) is 4.90 Å². The van der Waals surface area contributed by atoms with E-state index in [1.807, 2.05) is 45.0 Å². The molecule has 1 fully saturated rings. The lowest BCUT2D eigenvalue weighted by atomic mass is 10.1. The molecule has 0 unspecified atom stereocenters. The maximum atomic E-state index is 11.8. The molecule has 1 aliphatic heterocycles. The van der Waals surface area contributed by atoms with Gasteiger partial charge in [-0.15, -0.1) is 0 Å². The zero-order valence-electron chi connectivity index (χ0n) is 21.1. The van der Waals surface area contributed by atoms with Gasteiger partial charge in [-0.2, -0.15) is 0 Å². The highest BCUT2D eigenvalue weighted by Crippen LogP contribution is 2.27. The molecule has 3 aromatic rings. The van der Waals surface area contributed by atoms with Gasteiger partial charge in [0.2, 0.25) is 0 Å². The van der Waals surface area contributed by atoms with Gasteiger partial charge in [0.1, 0.15) is 5.82 Å². The number of rotatable bonds is 7. The van der Waals surface area contributed by atoms with Crippen LogP contribution in [0.1, 0.15) is 44.7 Å². The van der Waals surface area contributed by atoms with Crippen molar-refractivity contribution in [2.24, 2.45) is 0 Å². The number of piperidine rings is 1. The van der Waals surface area contributed by atoms with Crippen LogP contribution in [0.4, 0.5) is 16.3 Å². The van der Waals surface area contributed by atoms with Crippen LogP contribution in [0.5, 0.6) is 0 Å². The Morgan fingerprint density at radius 1 is 1.09 bits per heavy atom. The molecule has 1 amide bonds. The minimum absolute atomic E-state index is 0.363. The third-order valence-corrected chi connectivity index (χ3v) is 6.47. The molecule has 1 saturated heterocycles. The van der Waals surface area contributed by atoms with E-state index in [4.69, 9.17) is 4.74 Å². The zero-order valence-corrected chi connectivity index (χ0v) is 21.1. The molecule has 4 rings (SSSR count). The quantitative estimate of drug-likeness (QED) is 0.453. The fraction of sp³-hybridized carbons (Fsp3) is 0.429. The lowest BCUT2D eigenvalue weighted by molar-refractivity contribution is 0.00213. The molecular formula is C28H36N4O3. The Morgan fingerprint density at radius 3 is 2.43 bits per heavy atom. The zero-order chi connectivity index (χ0) is 25.0. The molecule has 7 heteroatoms. The topological polar surface area (TPSA) is 77.9 Å². The second kappa shape index (κ2) is 10.6. The van der Waals surface area contributed by atoms with Crippen molar-refractivity contribution in [3.05, 3.63) is 65.9 Å². The summed E-state index contributed by atoms with van der Waals surface area (Å²) in [4.78, 5) is 19.9. The summed E-state index contributed by atoms with van der Waals surface area (Å²) in [5.41, 5.74) is 2.77. The van der Waals surface area contributed by atoms with E-state index in [2.05, 4.69) is 46.5 Å². The number of likely N-dealkylation sites (tertiary alicyclic amines) is 1. The molecular weight excluding hydrogens is 440 g/mol. The van der Waals surface area contributed by atoms with E-state index < -0.39 is 11.6 Å². The summed E-state index contributed by atoms with van der Waals surface area (Å²) in [6, 6.07) is 16.4. The first-order chi connectivity index (χ1) is 16.7. The first kappa shape index (κ1) is 24.9. The predicted molar refractivity (Wildman–Crippen MR) is 141 cm³/mol. The van der Waals surface area contributed by atoms with E-state index in [-0.39, 0.29) is 0 Å². The number of amides is 1. The summed E-state index contributed by atoms with van der Waals surface area (Å²) < 4.78 is 6.10. The van der Waals surface area contributed by atoms with Crippen LogP contribution in [0.25, 0.3) is 10.8 Å². The SMILES string of the molecule is CN1CCC(OCc2ccc(CNc3ccc4cnc(N(C(=O)O)C(C)(C)C)cc4c3)cc2)CC1. The number of pyridine rings is 1. The van der Waals surface area contributed by atoms with Crippen molar-refractivity contribution in [2.45, 2.75) is 58.4 Å². The Morgan fingerprint density at radius 2 is 1.77 bits per heavy atom. The van der Waals surface area contributed by atoms with Crippen molar-refractivity contribution in [1.29, 1.82) is 0 Å². The molecule has 2 aromatic carbocycles. The number of hydrogen-bond donors (Lipinski definition) is 2. The van der Waals surface area contributed by atoms with Gasteiger partial charge in [0.05, 0.1) is 12.7 Å². The molecule has 0 radical (unpaired) electrons. The van der Waals surface area contributed by atoms with Gasteiger partial charge >= 0.3 is 6.09 Å². The summed E-state index contributed by atoms with van der Waals surface area (Å²) in [7, 11) is 2.16. The van der Waals surface area contributed by atoms with Crippen molar-refractivity contribution in [3.63, 3.8) is 0 Å². The summed E-state index contributed by atoms with van der Waals surface area (Å²) >= 11 is 0. The third-order valence-electron chi connectivity index (χ3n) is 6.47. The molecule has 0 bridgehead atoms. The van der Waals surface area contributed by atoms with Crippen LogP contribution >= 0.6 is 0 Å². The number of ether oxygens (including phenoxy) is 1. The largest absolute Gasteiger partial charge is 0.465 e. The van der Waals surface area contributed by atoms with Gasteiger partial charge in [0.15, 0.2) is 0 Å². The second-order valence-electron chi connectivity index (χ2n) is 10.4. The Balaban J connectivity index is 1.37. The van der Waals surface area contributed by atoms with Crippen molar-refractivity contribution in [3.8, 4) is 0 Å². The van der Waals surface area contributed by atoms with E-state index in [1.165, 1.54) is 16.0 Å². The standard InChI is InChI=1S/C28H36N4O3/c1-28(2,3)32(27(33)34)26-16-23-15-24(10-9-22(23)18-30-26)29-17-20-5-7-21(8-6-20)19-35-25-11-13-31(4)14-12-25/h5-10,15-16,18,25,29H,11-14,17,19H2,1-4H3,(H,33,34). The number of fused-ring (bicyclic) bond motifs is 1. The average molecular weight is 477 g/mol. The van der Waals surface area contributed by atoms with Gasteiger partial charge in [-0.1, -0.05) is 30.3 Å². The van der Waals surface area contributed by atoms with Crippen LogP contribution in [0.2, 0.25) is 0 Å². The van der Waals surface area contributed by atoms with Crippen molar-refractivity contribution >= 4 is 28.4 Å². The molecule has 0 atom stereocenters. The number of hydrogen-bond acceptors (Lipinski definition) is 5. The van der Waals surface area contributed by atoms with Crippen LogP contribution in [0.15, 0.2) is 54.7 Å². The monoisotopic (exact) mass is 476 g/mol. The predicted octanol–water partition coefficient (Wildman–Crippen LogP) is 5.74. The number of carbonyl (C=O) groups is 1. The summed E-state index contributed by atoms with van der Waals surface area (Å²) in [5.74, 6) is 0.424. The highest BCUT2D eigenvalue weighted by atomic mass is 16.5. The van der Waals surface area contributed by atoms with E-state index >= 15 is 0 Å². The van der Waals surface area contributed by atoms with Crippen molar-refractivity contribution in [1.82, 2.24) is 9.88 Å². The number of anilines is 2. The molecule has 0 spiro atoms. The van der Waals surface area contributed by atoms with E-state index in [9.17, 15) is 9.90 Å². The molecule has 186 valence electrons. The molecule has 7 nitrogen and oxygen atoms in total. The van der Waals surface area contributed by atoms with E-state index in [0.717, 1.165) is 42.4 Å². The van der Waals surface area contributed by atoms with Gasteiger partial charge < -0.3 is 20.1 Å². The Labute approximate surface area is 207 Å². The molecule has 1 aromatic heterocycles. The minimum atomic E-state index is -1.01. The number of aromatic nitrogens is 1. The van der Waals surface area contributed by atoms with Gasteiger partial charge in [-0.25, -0.2) is 9.78 Å². The van der Waals surface area contributed by atoms with Crippen LogP contribution in [-0.2, 0) is 17.9 Å². The van der Waals surface area contributed by atoms with Crippen molar-refractivity contribution in [2.75, 3.05) is 30.4 Å². The first-order valence-electron chi connectivity index (χ1n) is 12.2. The fourth-order valence-corrected chi connectivity index (χ4v) is 4.41.